The van der Waals surface area contributed by atoms with Crippen LogP contribution in [-0.2, 0) is 12.2 Å². The number of hydrogen-bond donors (Lipinski definition) is 3. The van der Waals surface area contributed by atoms with Crippen molar-refractivity contribution in [3.05, 3.63) is 35.7 Å². The van der Waals surface area contributed by atoms with Gasteiger partial charge in [-0.1, -0.05) is 48.2 Å². The molecule has 124 valence electrons. The van der Waals surface area contributed by atoms with E-state index in [1.54, 1.807) is 0 Å². The van der Waals surface area contributed by atoms with Gasteiger partial charge in [0.25, 0.3) is 0 Å². The minimum atomic E-state index is 0.175. The summed E-state index contributed by atoms with van der Waals surface area (Å²) in [6.45, 7) is 2.10. The van der Waals surface area contributed by atoms with Crippen LogP contribution in [0.5, 0.6) is 0 Å². The molecule has 3 aromatic rings. The van der Waals surface area contributed by atoms with Gasteiger partial charge in [-0.2, -0.15) is 15.0 Å². The molecular formula is C14H16N8S2. The molecule has 10 heteroatoms. The van der Waals surface area contributed by atoms with Crippen molar-refractivity contribution in [3.8, 4) is 0 Å². The molecule has 0 unspecified atom stereocenters. The Hall–Kier alpha value is -2.46. The zero-order chi connectivity index (χ0) is 16.9. The summed E-state index contributed by atoms with van der Waals surface area (Å²) in [5.74, 6) is 1.67. The molecular weight excluding hydrogens is 344 g/mol. The second kappa shape index (κ2) is 7.41. The zero-order valence-corrected chi connectivity index (χ0v) is 14.6. The van der Waals surface area contributed by atoms with Crippen LogP contribution in [-0.4, -0.2) is 25.1 Å². The average molecular weight is 360 g/mol. The summed E-state index contributed by atoms with van der Waals surface area (Å²) in [6.07, 6.45) is 0.908. The van der Waals surface area contributed by atoms with Gasteiger partial charge in [-0.25, -0.2) is 0 Å². The van der Waals surface area contributed by atoms with Crippen molar-refractivity contribution in [1.29, 1.82) is 0 Å². The highest BCUT2D eigenvalue weighted by atomic mass is 32.2. The third-order valence-corrected chi connectivity index (χ3v) is 4.97. The number of thioether (sulfide) groups is 1. The number of aromatic nitrogens is 5. The predicted molar refractivity (Wildman–Crippen MR) is 97.2 cm³/mol. The number of hydrogen-bond acceptors (Lipinski definition) is 10. The number of nitrogens with two attached hydrogens (primary N) is 2. The smallest absolute Gasteiger partial charge is 0.232 e. The molecule has 0 saturated heterocycles. The number of nitrogens with zero attached hydrogens (tertiary/aromatic N) is 5. The van der Waals surface area contributed by atoms with Crippen LogP contribution >= 0.6 is 23.1 Å². The van der Waals surface area contributed by atoms with Crippen molar-refractivity contribution in [2.24, 2.45) is 0 Å². The summed E-state index contributed by atoms with van der Waals surface area (Å²) in [5, 5.41) is 11.4. The zero-order valence-electron chi connectivity index (χ0n) is 12.9. The van der Waals surface area contributed by atoms with Gasteiger partial charge < -0.3 is 16.8 Å². The van der Waals surface area contributed by atoms with Crippen LogP contribution in [0, 0.1) is 0 Å². The quantitative estimate of drug-likeness (QED) is 0.568. The molecule has 8 nitrogen and oxygen atoms in total. The van der Waals surface area contributed by atoms with E-state index in [2.05, 4.69) is 43.5 Å². The van der Waals surface area contributed by atoms with Crippen molar-refractivity contribution in [1.82, 2.24) is 25.1 Å². The van der Waals surface area contributed by atoms with Crippen molar-refractivity contribution in [2.45, 2.75) is 23.4 Å². The van der Waals surface area contributed by atoms with E-state index in [0.717, 1.165) is 16.4 Å². The second-order valence-electron chi connectivity index (χ2n) is 4.76. The molecule has 1 aromatic carbocycles. The number of para-hydroxylation sites is 1. The summed E-state index contributed by atoms with van der Waals surface area (Å²) >= 11 is 2.78. The van der Waals surface area contributed by atoms with E-state index < -0.39 is 0 Å². The molecule has 24 heavy (non-hydrogen) atoms. The van der Waals surface area contributed by atoms with Crippen molar-refractivity contribution >= 4 is 45.8 Å². The van der Waals surface area contributed by atoms with Gasteiger partial charge in [-0.15, -0.1) is 10.2 Å². The molecule has 0 radical (unpaired) electrons. The highest BCUT2D eigenvalue weighted by molar-refractivity contribution is 8.00. The Labute approximate surface area is 147 Å². The van der Waals surface area contributed by atoms with Crippen LogP contribution < -0.4 is 16.8 Å². The van der Waals surface area contributed by atoms with Crippen LogP contribution in [0.3, 0.4) is 0 Å². The topological polar surface area (TPSA) is 129 Å². The largest absolute Gasteiger partial charge is 0.374 e. The van der Waals surface area contributed by atoms with Gasteiger partial charge in [-0.3, -0.25) is 0 Å². The summed E-state index contributed by atoms with van der Waals surface area (Å²) in [5.41, 5.74) is 13.5. The SMILES string of the molecule is CCc1ccccc1Nc1nc(N)nc(CSc2nnc(N)s2)n1. The number of aryl methyl sites for hydroxylation is 1. The molecule has 0 amide bonds. The molecule has 2 heterocycles. The van der Waals surface area contributed by atoms with E-state index in [4.69, 9.17) is 11.5 Å². The summed E-state index contributed by atoms with van der Waals surface area (Å²) in [6, 6.07) is 8.01. The molecule has 0 atom stereocenters. The monoisotopic (exact) mass is 360 g/mol. The Morgan fingerprint density at radius 3 is 2.71 bits per heavy atom. The maximum atomic E-state index is 5.80. The van der Waals surface area contributed by atoms with Crippen LogP contribution in [0.1, 0.15) is 18.3 Å². The van der Waals surface area contributed by atoms with E-state index in [-0.39, 0.29) is 5.95 Å². The van der Waals surface area contributed by atoms with Crippen LogP contribution in [0.2, 0.25) is 0 Å². The van der Waals surface area contributed by atoms with Gasteiger partial charge in [-0.05, 0) is 18.1 Å². The number of benzene rings is 1. The van der Waals surface area contributed by atoms with E-state index in [1.807, 2.05) is 18.2 Å². The fraction of sp³-hybridized carbons (Fsp3) is 0.214. The van der Waals surface area contributed by atoms with Crippen molar-refractivity contribution in [3.63, 3.8) is 0 Å². The van der Waals surface area contributed by atoms with Crippen molar-refractivity contribution in [2.75, 3.05) is 16.8 Å². The first kappa shape index (κ1) is 16.4. The number of anilines is 4. The predicted octanol–water partition coefficient (Wildman–Crippen LogP) is 2.49. The van der Waals surface area contributed by atoms with Crippen LogP contribution in [0.25, 0.3) is 0 Å². The Kier molecular flexibility index (Phi) is 5.06. The van der Waals surface area contributed by atoms with Gasteiger partial charge >= 0.3 is 0 Å². The van der Waals surface area contributed by atoms with E-state index in [9.17, 15) is 0 Å². The summed E-state index contributed by atoms with van der Waals surface area (Å²) in [7, 11) is 0. The van der Waals surface area contributed by atoms with Crippen molar-refractivity contribution < 1.29 is 0 Å². The summed E-state index contributed by atoms with van der Waals surface area (Å²) < 4.78 is 0.761. The maximum Gasteiger partial charge on any atom is 0.232 e. The first-order valence-electron chi connectivity index (χ1n) is 7.21. The lowest BCUT2D eigenvalue weighted by Crippen LogP contribution is -2.07. The highest BCUT2D eigenvalue weighted by Crippen LogP contribution is 2.26. The maximum absolute atomic E-state index is 5.80. The third kappa shape index (κ3) is 4.09. The third-order valence-electron chi connectivity index (χ3n) is 3.09. The number of nitrogen functional groups attached to an aromatic ring is 2. The molecule has 0 bridgehead atoms. The number of nitrogens with one attached hydrogen (secondary N) is 1. The fourth-order valence-corrected chi connectivity index (χ4v) is 3.53. The molecule has 5 N–H and O–H groups in total. The molecule has 0 spiro atoms. The lowest BCUT2D eigenvalue weighted by Gasteiger charge is -2.10. The van der Waals surface area contributed by atoms with E-state index >= 15 is 0 Å². The molecule has 0 fully saturated rings. The molecule has 0 aliphatic heterocycles. The van der Waals surface area contributed by atoms with Gasteiger partial charge in [0.15, 0.2) is 4.34 Å². The lowest BCUT2D eigenvalue weighted by molar-refractivity contribution is 0.974. The minimum Gasteiger partial charge on any atom is -0.374 e. The Balaban J connectivity index is 1.76. The van der Waals surface area contributed by atoms with E-state index in [0.29, 0.717) is 22.7 Å². The first-order valence-corrected chi connectivity index (χ1v) is 9.01. The first-order chi connectivity index (χ1) is 11.6. The standard InChI is InChI=1S/C14H16N8S2/c1-2-8-5-3-4-6-9(8)17-13-19-10(18-11(15)20-13)7-23-14-22-21-12(16)24-14/h3-6H,2,7H2,1H3,(H2,16,21)(H3,15,17,18,19,20). The van der Waals surface area contributed by atoms with Gasteiger partial charge in [0.2, 0.25) is 17.0 Å². The lowest BCUT2D eigenvalue weighted by atomic mass is 10.1. The van der Waals surface area contributed by atoms with Gasteiger partial charge in [0, 0.05) is 5.69 Å². The fourth-order valence-electron chi connectivity index (χ4n) is 2.03. The Bertz CT molecular complexity index is 835. The molecule has 0 saturated carbocycles. The highest BCUT2D eigenvalue weighted by Gasteiger charge is 2.09. The normalized spacial score (nSPS) is 10.7. The Morgan fingerprint density at radius 1 is 1.12 bits per heavy atom. The van der Waals surface area contributed by atoms with Gasteiger partial charge in [0.1, 0.15) is 5.82 Å². The van der Waals surface area contributed by atoms with Gasteiger partial charge in [0.05, 0.1) is 5.75 Å². The summed E-state index contributed by atoms with van der Waals surface area (Å²) in [4.78, 5) is 12.7. The molecule has 3 rings (SSSR count). The minimum absolute atomic E-state index is 0.175. The average Bonchev–Trinajstić information content (AvgIpc) is 2.98. The number of rotatable bonds is 6. The Morgan fingerprint density at radius 2 is 1.96 bits per heavy atom. The molecule has 0 aliphatic rings. The van der Waals surface area contributed by atoms with Crippen LogP contribution in [0.15, 0.2) is 28.6 Å². The molecule has 2 aromatic heterocycles. The van der Waals surface area contributed by atoms with E-state index in [1.165, 1.54) is 28.7 Å². The second-order valence-corrected chi connectivity index (χ2v) is 7.00. The van der Waals surface area contributed by atoms with Crippen LogP contribution in [0.4, 0.5) is 22.7 Å². The molecule has 0 aliphatic carbocycles.